The molecule has 77 heavy (non-hydrogen) atoms. The third kappa shape index (κ3) is 24.3. The van der Waals surface area contributed by atoms with Gasteiger partial charge in [-0.3, -0.25) is 0 Å². The standard InChI is InChI=1S/C8H7F3.C8H9F.C7H3F5.C7H5F3.3C7H6F2.C7H7F/c1-6-3-2-4-7(5-6)8(9,10)11;1-6-3-4-8(9)7(2)5-6;1-2-3(8)5(10)7(12)6(11)4(2)9;1-4-6(9)2-5(8)3-7(4)10;1-5-2-3-6(8)4-7(5)9;1-5-2-3-6(8)7(9)4-5;1-5-6(8)3-2-4-7(5)9;1-6-2-4-7(8)5-3-6/h2-5H,1H3;3-5H,1-2H3;1H3;2-3H,1H3;3*2-4H,1H3;2-5H,1H3. The number of aryl methyl sites for hydroxylation is 6. The Kier molecular flexibility index (Phi) is 28.1. The molecule has 0 aliphatic rings. The van der Waals surface area contributed by atoms with Crippen LogP contribution in [0, 0.1) is 155 Å². The van der Waals surface area contributed by atoms with Crippen LogP contribution in [0.4, 0.5) is 83.4 Å². The lowest BCUT2D eigenvalue weighted by atomic mass is 10.1. The zero-order chi connectivity index (χ0) is 59.1. The first kappa shape index (κ1) is 67.4. The Morgan fingerprint density at radius 1 is 0.247 bits per heavy atom. The van der Waals surface area contributed by atoms with E-state index in [1.165, 1.54) is 74.5 Å². The third-order valence-electron chi connectivity index (χ3n) is 9.76. The molecule has 8 rings (SSSR count). The molecule has 0 saturated carbocycles. The summed E-state index contributed by atoms with van der Waals surface area (Å²) in [5, 5.41) is 0. The molecule has 0 aliphatic heterocycles. The second kappa shape index (κ2) is 32.1. The Balaban J connectivity index is 0.000000441. The predicted octanol–water partition coefficient (Wildman–Crippen LogP) is 19.5. The minimum Gasteiger partial charge on any atom is -0.207 e. The van der Waals surface area contributed by atoms with Crippen molar-refractivity contribution in [1.82, 2.24) is 0 Å². The summed E-state index contributed by atoms with van der Waals surface area (Å²) in [6, 6.07) is 29.1. The molecule has 19 heteroatoms. The van der Waals surface area contributed by atoms with Crippen LogP contribution in [0.1, 0.15) is 55.6 Å². The summed E-state index contributed by atoms with van der Waals surface area (Å²) >= 11 is 0. The van der Waals surface area contributed by atoms with Gasteiger partial charge in [-0.25, -0.2) is 70.2 Å². The van der Waals surface area contributed by atoms with Gasteiger partial charge < -0.3 is 0 Å². The number of hydrogen-bond acceptors (Lipinski definition) is 0. The van der Waals surface area contributed by atoms with Crippen molar-refractivity contribution in [2.75, 3.05) is 0 Å². The summed E-state index contributed by atoms with van der Waals surface area (Å²) in [6.07, 6.45) is -4.22. The molecular weight excluding hydrogens is 1060 g/mol. The first-order chi connectivity index (χ1) is 35.7. The van der Waals surface area contributed by atoms with Crippen LogP contribution in [0.15, 0.2) is 133 Å². The Morgan fingerprint density at radius 2 is 0.649 bits per heavy atom. The van der Waals surface area contributed by atoms with E-state index in [0.717, 1.165) is 59.5 Å². The van der Waals surface area contributed by atoms with Crippen LogP contribution in [-0.4, -0.2) is 0 Å². The molecule has 0 unspecified atom stereocenters. The van der Waals surface area contributed by atoms with Gasteiger partial charge in [-0.1, -0.05) is 77.4 Å². The van der Waals surface area contributed by atoms with Gasteiger partial charge in [0.05, 0.1) is 5.56 Å². The molecule has 0 nitrogen and oxygen atoms in total. The van der Waals surface area contributed by atoms with Crippen molar-refractivity contribution in [3.05, 3.63) is 282 Å². The van der Waals surface area contributed by atoms with E-state index in [-0.39, 0.29) is 22.8 Å². The van der Waals surface area contributed by atoms with Gasteiger partial charge in [-0.2, -0.15) is 13.2 Å². The lowest BCUT2D eigenvalue weighted by molar-refractivity contribution is -0.137. The molecule has 0 bridgehead atoms. The third-order valence-corrected chi connectivity index (χ3v) is 9.76. The van der Waals surface area contributed by atoms with Gasteiger partial charge >= 0.3 is 6.18 Å². The van der Waals surface area contributed by atoms with Gasteiger partial charge in [0.2, 0.25) is 5.82 Å². The van der Waals surface area contributed by atoms with Gasteiger partial charge in [0.15, 0.2) is 34.9 Å². The molecule has 8 aromatic carbocycles. The highest BCUT2D eigenvalue weighted by molar-refractivity contribution is 5.26. The monoisotopic (exact) mass is 1110 g/mol. The van der Waals surface area contributed by atoms with Crippen LogP contribution in [0.3, 0.4) is 0 Å². The Morgan fingerprint density at radius 3 is 1.03 bits per heavy atom. The van der Waals surface area contributed by atoms with Crippen LogP contribution in [0.25, 0.3) is 0 Å². The number of benzene rings is 8. The fourth-order valence-corrected chi connectivity index (χ4v) is 5.23. The molecule has 0 N–H and O–H groups in total. The molecule has 414 valence electrons. The van der Waals surface area contributed by atoms with E-state index >= 15 is 0 Å². The largest absolute Gasteiger partial charge is 0.416 e. The van der Waals surface area contributed by atoms with E-state index in [2.05, 4.69) is 0 Å². The van der Waals surface area contributed by atoms with Crippen molar-refractivity contribution >= 4 is 0 Å². The highest BCUT2D eigenvalue weighted by Gasteiger charge is 2.30. The molecular formula is C58H49F19. The van der Waals surface area contributed by atoms with Crippen LogP contribution in [0.2, 0.25) is 0 Å². The Hall–Kier alpha value is -7.57. The molecule has 0 saturated heterocycles. The van der Waals surface area contributed by atoms with E-state index in [1.807, 2.05) is 19.9 Å². The minimum absolute atomic E-state index is 0.0810. The van der Waals surface area contributed by atoms with Crippen LogP contribution >= 0.6 is 0 Å². The maximum atomic E-state index is 12.5. The molecule has 0 aliphatic carbocycles. The van der Waals surface area contributed by atoms with Crippen molar-refractivity contribution in [3.63, 3.8) is 0 Å². The first-order valence-corrected chi connectivity index (χ1v) is 22.1. The molecule has 0 aromatic heterocycles. The zero-order valence-corrected chi connectivity index (χ0v) is 42.4. The Labute approximate surface area is 433 Å². The lowest BCUT2D eigenvalue weighted by Gasteiger charge is -2.05. The highest BCUT2D eigenvalue weighted by atomic mass is 19.4. The molecule has 8 aromatic rings. The second-order valence-corrected chi connectivity index (χ2v) is 16.3. The smallest absolute Gasteiger partial charge is 0.207 e. The molecule has 0 spiro atoms. The predicted molar refractivity (Wildman–Crippen MR) is 258 cm³/mol. The van der Waals surface area contributed by atoms with Gasteiger partial charge in [0.25, 0.3) is 0 Å². The average molecular weight is 1110 g/mol. The summed E-state index contributed by atoms with van der Waals surface area (Å²) in [5.41, 5.74) is 3.21. The number of rotatable bonds is 0. The van der Waals surface area contributed by atoms with Gasteiger partial charge in [0.1, 0.15) is 52.4 Å². The highest BCUT2D eigenvalue weighted by Crippen LogP contribution is 2.29. The minimum atomic E-state index is -4.22. The van der Waals surface area contributed by atoms with E-state index < -0.39 is 98.7 Å². The van der Waals surface area contributed by atoms with Crippen molar-refractivity contribution < 1.29 is 83.4 Å². The van der Waals surface area contributed by atoms with E-state index in [4.69, 9.17) is 0 Å². The maximum Gasteiger partial charge on any atom is 0.416 e. The van der Waals surface area contributed by atoms with Crippen molar-refractivity contribution in [2.45, 2.75) is 68.5 Å². The number of hydrogen-bond donors (Lipinski definition) is 0. The summed E-state index contributed by atoms with van der Waals surface area (Å²) < 4.78 is 232. The van der Waals surface area contributed by atoms with E-state index in [0.29, 0.717) is 23.3 Å². The first-order valence-electron chi connectivity index (χ1n) is 22.1. The summed E-state index contributed by atoms with van der Waals surface area (Å²) in [4.78, 5) is 0. The fourth-order valence-electron chi connectivity index (χ4n) is 5.23. The van der Waals surface area contributed by atoms with Crippen LogP contribution in [0.5, 0.6) is 0 Å². The summed E-state index contributed by atoms with van der Waals surface area (Å²) in [7, 11) is 0. The van der Waals surface area contributed by atoms with Crippen LogP contribution < -0.4 is 0 Å². The zero-order valence-electron chi connectivity index (χ0n) is 42.4. The molecule has 0 radical (unpaired) electrons. The lowest BCUT2D eigenvalue weighted by Crippen LogP contribution is -2.04. The molecule has 0 atom stereocenters. The fraction of sp³-hybridized carbons (Fsp3) is 0.172. The van der Waals surface area contributed by atoms with E-state index in [9.17, 15) is 83.4 Å². The normalized spacial score (nSPS) is 10.1. The average Bonchev–Trinajstić information content (AvgIpc) is 3.36. The summed E-state index contributed by atoms with van der Waals surface area (Å²) in [6.45, 7) is 14.1. The quantitative estimate of drug-likeness (QED) is 0.0807. The SMILES string of the molecule is Cc1c(F)c(F)c(F)c(F)c1F.Cc1c(F)cc(F)cc1F.Cc1c(F)cccc1F.Cc1ccc(F)c(C)c1.Cc1ccc(F)c(F)c1.Cc1ccc(F)cc1.Cc1ccc(F)cc1F.Cc1cccc(C(F)(F)F)c1. The van der Waals surface area contributed by atoms with Crippen molar-refractivity contribution in [2.24, 2.45) is 0 Å². The van der Waals surface area contributed by atoms with Gasteiger partial charge in [-0.05, 0) is 134 Å². The van der Waals surface area contributed by atoms with Gasteiger partial charge in [0, 0.05) is 34.9 Å². The topological polar surface area (TPSA) is 0 Å². The van der Waals surface area contributed by atoms with Crippen molar-refractivity contribution in [1.29, 1.82) is 0 Å². The molecule has 0 fully saturated rings. The van der Waals surface area contributed by atoms with E-state index in [1.54, 1.807) is 52.0 Å². The second-order valence-electron chi connectivity index (χ2n) is 16.3. The number of halogens is 19. The Bertz CT molecular complexity index is 2840. The molecule has 0 heterocycles. The molecule has 0 amide bonds. The number of alkyl halides is 3. The van der Waals surface area contributed by atoms with Crippen LogP contribution in [-0.2, 0) is 6.18 Å². The van der Waals surface area contributed by atoms with Crippen molar-refractivity contribution in [3.8, 4) is 0 Å². The maximum absolute atomic E-state index is 12.5. The summed E-state index contributed by atoms with van der Waals surface area (Å²) in [5.74, 6) is -16.0. The van der Waals surface area contributed by atoms with Gasteiger partial charge in [-0.15, -0.1) is 0 Å².